The van der Waals surface area contributed by atoms with Gasteiger partial charge in [0.2, 0.25) is 0 Å². The SMILES string of the molecule is C[C@H]1C[C@@H](CC(=O)c2cc(C3CC3)on2)CCN1S(=O)(=O)N1C2CNCC1C2. The number of carbonyl (C=O) groups excluding carboxylic acids is 1. The number of hydrogen-bond donors (Lipinski definition) is 1. The molecule has 0 amide bonds. The highest BCUT2D eigenvalue weighted by molar-refractivity contribution is 7.86. The molecular formula is C19H28N4O4S. The van der Waals surface area contributed by atoms with Gasteiger partial charge in [0.25, 0.3) is 10.2 Å². The summed E-state index contributed by atoms with van der Waals surface area (Å²) in [6.45, 7) is 3.94. The molecule has 2 unspecified atom stereocenters. The zero-order valence-corrected chi connectivity index (χ0v) is 17.0. The first kappa shape index (κ1) is 18.7. The molecule has 1 aromatic heterocycles. The third-order valence-electron chi connectivity index (χ3n) is 6.78. The number of nitrogens with one attached hydrogen (secondary N) is 1. The Morgan fingerprint density at radius 1 is 1.25 bits per heavy atom. The number of fused-ring (bicyclic) bond motifs is 2. The van der Waals surface area contributed by atoms with Crippen molar-refractivity contribution in [2.75, 3.05) is 19.6 Å². The van der Waals surface area contributed by atoms with E-state index in [1.807, 2.05) is 6.92 Å². The zero-order valence-electron chi connectivity index (χ0n) is 16.2. The van der Waals surface area contributed by atoms with Crippen LogP contribution >= 0.6 is 0 Å². The maximum atomic E-state index is 13.1. The van der Waals surface area contributed by atoms with Crippen molar-refractivity contribution in [1.29, 1.82) is 0 Å². The third kappa shape index (κ3) is 3.22. The molecule has 3 aliphatic heterocycles. The number of carbonyl (C=O) groups is 1. The molecule has 0 aromatic carbocycles. The van der Waals surface area contributed by atoms with Gasteiger partial charge in [-0.25, -0.2) is 0 Å². The van der Waals surface area contributed by atoms with E-state index >= 15 is 0 Å². The van der Waals surface area contributed by atoms with Gasteiger partial charge in [-0.15, -0.1) is 0 Å². The fraction of sp³-hybridized carbons (Fsp3) is 0.789. The van der Waals surface area contributed by atoms with Crippen LogP contribution in [0.15, 0.2) is 10.6 Å². The van der Waals surface area contributed by atoms with E-state index in [2.05, 4.69) is 10.5 Å². The first-order valence-corrected chi connectivity index (χ1v) is 11.8. The fourth-order valence-corrected chi connectivity index (χ4v) is 7.26. The zero-order chi connectivity index (χ0) is 19.5. The third-order valence-corrected chi connectivity index (χ3v) is 9.04. The monoisotopic (exact) mass is 408 g/mol. The van der Waals surface area contributed by atoms with Crippen LogP contribution in [0.3, 0.4) is 0 Å². The van der Waals surface area contributed by atoms with Crippen LogP contribution in [-0.4, -0.2) is 65.7 Å². The van der Waals surface area contributed by atoms with E-state index < -0.39 is 10.2 Å². The van der Waals surface area contributed by atoms with E-state index in [1.54, 1.807) is 14.7 Å². The second kappa shape index (κ2) is 6.90. The molecule has 154 valence electrons. The lowest BCUT2D eigenvalue weighted by Gasteiger charge is -2.53. The number of aromatic nitrogens is 1. The summed E-state index contributed by atoms with van der Waals surface area (Å²) in [5.74, 6) is 1.46. The van der Waals surface area contributed by atoms with Gasteiger partial charge in [-0.1, -0.05) is 5.16 Å². The topological polar surface area (TPSA) is 95.8 Å². The fourth-order valence-electron chi connectivity index (χ4n) is 5.07. The van der Waals surface area contributed by atoms with Crippen LogP contribution in [-0.2, 0) is 10.2 Å². The molecule has 4 atom stereocenters. The van der Waals surface area contributed by atoms with E-state index in [4.69, 9.17) is 4.52 Å². The van der Waals surface area contributed by atoms with Gasteiger partial charge in [-0.05, 0) is 44.9 Å². The number of piperazine rings is 1. The first-order valence-electron chi connectivity index (χ1n) is 10.4. The van der Waals surface area contributed by atoms with E-state index in [-0.39, 0.29) is 29.8 Å². The second-order valence-corrected chi connectivity index (χ2v) is 10.7. The van der Waals surface area contributed by atoms with Crippen molar-refractivity contribution in [2.24, 2.45) is 5.92 Å². The molecule has 0 radical (unpaired) electrons. The van der Waals surface area contributed by atoms with E-state index in [1.165, 1.54) is 0 Å². The first-order chi connectivity index (χ1) is 13.4. The molecule has 8 nitrogen and oxygen atoms in total. The lowest BCUT2D eigenvalue weighted by molar-refractivity contribution is 0.0569. The highest BCUT2D eigenvalue weighted by Gasteiger charge is 2.51. The maximum Gasteiger partial charge on any atom is 0.282 e. The predicted octanol–water partition coefficient (Wildman–Crippen LogP) is 1.52. The van der Waals surface area contributed by atoms with E-state index in [0.29, 0.717) is 37.4 Å². The molecule has 0 spiro atoms. The number of rotatable bonds is 6. The van der Waals surface area contributed by atoms with Gasteiger partial charge in [-0.2, -0.15) is 17.0 Å². The number of Topliss-reactive ketones (excluding diaryl/α,β-unsaturated/α-hetero) is 1. The molecule has 3 saturated heterocycles. The van der Waals surface area contributed by atoms with E-state index in [0.717, 1.165) is 38.1 Å². The predicted molar refractivity (Wildman–Crippen MR) is 102 cm³/mol. The van der Waals surface area contributed by atoms with Gasteiger partial charge in [0.1, 0.15) is 11.5 Å². The number of nitrogens with zero attached hydrogens (tertiary/aromatic N) is 3. The molecule has 1 aliphatic carbocycles. The van der Waals surface area contributed by atoms with Gasteiger partial charge >= 0.3 is 0 Å². The summed E-state index contributed by atoms with van der Waals surface area (Å²) in [7, 11) is -3.42. The molecule has 5 rings (SSSR count). The maximum absolute atomic E-state index is 13.1. The van der Waals surface area contributed by atoms with Gasteiger partial charge < -0.3 is 9.84 Å². The quantitative estimate of drug-likeness (QED) is 0.717. The van der Waals surface area contributed by atoms with Crippen molar-refractivity contribution in [3.63, 3.8) is 0 Å². The molecule has 1 saturated carbocycles. The number of ketones is 1. The van der Waals surface area contributed by atoms with Gasteiger partial charge in [0.05, 0.1) is 0 Å². The molecule has 4 heterocycles. The van der Waals surface area contributed by atoms with Gasteiger partial charge in [0, 0.05) is 56.2 Å². The Morgan fingerprint density at radius 2 is 2.00 bits per heavy atom. The Bertz CT molecular complexity index is 851. The average Bonchev–Trinajstić information content (AvgIpc) is 3.38. The minimum absolute atomic E-state index is 0.00695. The molecule has 2 bridgehead atoms. The van der Waals surface area contributed by atoms with E-state index in [9.17, 15) is 13.2 Å². The molecule has 1 N–H and O–H groups in total. The molecule has 28 heavy (non-hydrogen) atoms. The summed E-state index contributed by atoms with van der Waals surface area (Å²) >= 11 is 0. The summed E-state index contributed by atoms with van der Waals surface area (Å²) in [5, 5.41) is 7.23. The highest BCUT2D eigenvalue weighted by Crippen LogP contribution is 2.40. The van der Waals surface area contributed by atoms with Crippen LogP contribution in [0.1, 0.15) is 67.6 Å². The minimum atomic E-state index is -3.42. The van der Waals surface area contributed by atoms with Crippen molar-refractivity contribution in [3.05, 3.63) is 17.5 Å². The van der Waals surface area contributed by atoms with Crippen molar-refractivity contribution in [1.82, 2.24) is 19.1 Å². The Hall–Kier alpha value is -1.29. The Kier molecular flexibility index (Phi) is 4.61. The van der Waals surface area contributed by atoms with Gasteiger partial charge in [0.15, 0.2) is 5.78 Å². The van der Waals surface area contributed by atoms with Crippen LogP contribution < -0.4 is 5.32 Å². The standard InChI is InChI=1S/C19H28N4O4S/c1-12-6-13(7-18(24)17-9-19(27-21-17)14-2-3-14)4-5-22(12)28(25,26)23-15-8-16(23)11-20-10-15/h9,12-16,20H,2-8,10-11H2,1H3/t12-,13-,15?,16?/m0/s1. The molecule has 9 heteroatoms. The lowest BCUT2D eigenvalue weighted by Crippen LogP contribution is -2.71. The average molecular weight is 409 g/mol. The van der Waals surface area contributed by atoms with Crippen molar-refractivity contribution in [3.8, 4) is 0 Å². The summed E-state index contributed by atoms with van der Waals surface area (Å²) in [4.78, 5) is 12.6. The number of piperidine rings is 2. The molecular weight excluding hydrogens is 380 g/mol. The molecule has 4 fully saturated rings. The molecule has 1 aromatic rings. The van der Waals surface area contributed by atoms with Crippen LogP contribution in [0, 0.1) is 5.92 Å². The van der Waals surface area contributed by atoms with Crippen molar-refractivity contribution < 1.29 is 17.7 Å². The highest BCUT2D eigenvalue weighted by atomic mass is 32.2. The Morgan fingerprint density at radius 3 is 2.64 bits per heavy atom. The van der Waals surface area contributed by atoms with Crippen LogP contribution in [0.5, 0.6) is 0 Å². The minimum Gasteiger partial charge on any atom is -0.360 e. The Balaban J connectivity index is 1.20. The Labute approximate surface area is 165 Å². The van der Waals surface area contributed by atoms with Crippen LogP contribution in [0.25, 0.3) is 0 Å². The lowest BCUT2D eigenvalue weighted by atomic mass is 9.88. The van der Waals surface area contributed by atoms with Crippen LogP contribution in [0.4, 0.5) is 0 Å². The summed E-state index contributed by atoms with van der Waals surface area (Å²) in [6.07, 6.45) is 5.02. The summed E-state index contributed by atoms with van der Waals surface area (Å²) in [5.41, 5.74) is 0.422. The number of hydrogen-bond acceptors (Lipinski definition) is 6. The molecule has 4 aliphatic rings. The summed E-state index contributed by atoms with van der Waals surface area (Å²) < 4.78 is 35.0. The van der Waals surface area contributed by atoms with Gasteiger partial charge in [-0.3, -0.25) is 4.79 Å². The van der Waals surface area contributed by atoms with Crippen molar-refractivity contribution >= 4 is 16.0 Å². The smallest absolute Gasteiger partial charge is 0.282 e. The normalized spacial score (nSPS) is 34.2. The largest absolute Gasteiger partial charge is 0.360 e. The summed E-state index contributed by atoms with van der Waals surface area (Å²) in [6, 6.07) is 1.90. The van der Waals surface area contributed by atoms with Crippen molar-refractivity contribution in [2.45, 2.75) is 69.5 Å². The second-order valence-electron chi connectivity index (χ2n) is 8.91. The van der Waals surface area contributed by atoms with Crippen LogP contribution in [0.2, 0.25) is 0 Å².